The molecule has 0 aromatic rings. The van der Waals surface area contributed by atoms with E-state index in [9.17, 15) is 13.2 Å². The van der Waals surface area contributed by atoms with E-state index in [1.165, 1.54) is 0 Å². The fourth-order valence-electron chi connectivity index (χ4n) is 2.05. The second-order valence-electron chi connectivity index (χ2n) is 4.87. The van der Waals surface area contributed by atoms with Crippen LogP contribution in [0.3, 0.4) is 0 Å². The second kappa shape index (κ2) is 5.32. The van der Waals surface area contributed by atoms with Crippen molar-refractivity contribution in [2.75, 3.05) is 38.7 Å². The molecule has 0 aromatic heterocycles. The van der Waals surface area contributed by atoms with Crippen LogP contribution >= 0.6 is 0 Å². The molecule has 1 unspecified atom stereocenters. The van der Waals surface area contributed by atoms with Crippen LogP contribution < -0.4 is 11.1 Å². The molecule has 1 saturated heterocycles. The van der Waals surface area contributed by atoms with E-state index in [0.29, 0.717) is 19.4 Å². The van der Waals surface area contributed by atoms with Gasteiger partial charge in [-0.2, -0.15) is 0 Å². The first kappa shape index (κ1) is 14.4. The highest BCUT2D eigenvalue weighted by molar-refractivity contribution is 7.91. The van der Waals surface area contributed by atoms with Gasteiger partial charge in [0.2, 0.25) is 5.91 Å². The summed E-state index contributed by atoms with van der Waals surface area (Å²) in [5, 5.41) is 3.03. The first-order valence-corrected chi connectivity index (χ1v) is 7.50. The fraction of sp³-hybridized carbons (Fsp3) is 0.900. The summed E-state index contributed by atoms with van der Waals surface area (Å²) < 4.78 is 23.2. The molecule has 0 bridgehead atoms. The Hall–Kier alpha value is -0.660. The van der Waals surface area contributed by atoms with Crippen molar-refractivity contribution in [2.45, 2.75) is 18.4 Å². The van der Waals surface area contributed by atoms with Gasteiger partial charge in [-0.25, -0.2) is 8.42 Å². The molecule has 1 aliphatic heterocycles. The molecular weight excluding hydrogens is 242 g/mol. The van der Waals surface area contributed by atoms with Crippen LogP contribution in [0.25, 0.3) is 0 Å². The number of nitrogens with two attached hydrogens (primary N) is 1. The zero-order chi connectivity index (χ0) is 13.1. The Kier molecular flexibility index (Phi) is 4.51. The van der Waals surface area contributed by atoms with Crippen LogP contribution in [-0.2, 0) is 14.6 Å². The SMILES string of the molecule is CN(C)CCNC1(C(N)=O)CCCS(=O)(=O)C1. The molecule has 1 rings (SSSR count). The summed E-state index contributed by atoms with van der Waals surface area (Å²) in [5.41, 5.74) is 4.28. The maximum Gasteiger partial charge on any atom is 0.238 e. The van der Waals surface area contributed by atoms with E-state index in [0.717, 1.165) is 6.54 Å². The van der Waals surface area contributed by atoms with Crippen LogP contribution in [0.1, 0.15) is 12.8 Å². The van der Waals surface area contributed by atoms with Crippen molar-refractivity contribution in [3.05, 3.63) is 0 Å². The van der Waals surface area contributed by atoms with E-state index in [-0.39, 0.29) is 11.5 Å². The molecule has 3 N–H and O–H groups in total. The van der Waals surface area contributed by atoms with Gasteiger partial charge in [0.05, 0.1) is 11.5 Å². The van der Waals surface area contributed by atoms with Crippen LogP contribution in [0.15, 0.2) is 0 Å². The van der Waals surface area contributed by atoms with E-state index in [2.05, 4.69) is 5.32 Å². The molecule has 0 aromatic carbocycles. The Morgan fingerprint density at radius 1 is 1.47 bits per heavy atom. The number of amides is 1. The van der Waals surface area contributed by atoms with Crippen molar-refractivity contribution in [3.8, 4) is 0 Å². The minimum Gasteiger partial charge on any atom is -0.368 e. The summed E-state index contributed by atoms with van der Waals surface area (Å²) in [4.78, 5) is 13.5. The molecular formula is C10H21N3O3S. The Bertz CT molecular complexity index is 380. The highest BCUT2D eigenvalue weighted by Crippen LogP contribution is 2.22. The third kappa shape index (κ3) is 3.93. The van der Waals surface area contributed by atoms with E-state index in [4.69, 9.17) is 5.73 Å². The number of primary amides is 1. The number of hydrogen-bond donors (Lipinski definition) is 2. The van der Waals surface area contributed by atoms with E-state index < -0.39 is 21.3 Å². The van der Waals surface area contributed by atoms with Crippen molar-refractivity contribution in [2.24, 2.45) is 5.73 Å². The van der Waals surface area contributed by atoms with Crippen molar-refractivity contribution in [1.29, 1.82) is 0 Å². The first-order chi connectivity index (χ1) is 7.77. The Morgan fingerprint density at radius 2 is 2.12 bits per heavy atom. The molecule has 0 spiro atoms. The molecule has 6 nitrogen and oxygen atoms in total. The third-order valence-corrected chi connectivity index (χ3v) is 4.86. The molecule has 0 saturated carbocycles. The number of nitrogens with zero attached hydrogens (tertiary/aromatic N) is 1. The molecule has 1 fully saturated rings. The van der Waals surface area contributed by atoms with Gasteiger partial charge in [-0.15, -0.1) is 0 Å². The van der Waals surface area contributed by atoms with Crippen molar-refractivity contribution >= 4 is 15.7 Å². The lowest BCUT2D eigenvalue weighted by molar-refractivity contribution is -0.124. The maximum atomic E-state index is 11.6. The minimum absolute atomic E-state index is 0.150. The lowest BCUT2D eigenvalue weighted by Gasteiger charge is -2.35. The lowest BCUT2D eigenvalue weighted by atomic mass is 9.94. The van der Waals surface area contributed by atoms with Gasteiger partial charge in [-0.1, -0.05) is 0 Å². The number of carbonyl (C=O) groups excluding carboxylic acids is 1. The van der Waals surface area contributed by atoms with Gasteiger partial charge in [-0.05, 0) is 26.9 Å². The smallest absolute Gasteiger partial charge is 0.238 e. The largest absolute Gasteiger partial charge is 0.368 e. The summed E-state index contributed by atoms with van der Waals surface area (Å²) in [6.07, 6.45) is 0.981. The van der Waals surface area contributed by atoms with Crippen molar-refractivity contribution < 1.29 is 13.2 Å². The summed E-state index contributed by atoms with van der Waals surface area (Å²) in [7, 11) is 0.663. The molecule has 1 atom stereocenters. The van der Waals surface area contributed by atoms with Gasteiger partial charge in [0.1, 0.15) is 5.54 Å². The number of nitrogens with one attached hydrogen (secondary N) is 1. The molecule has 0 aliphatic carbocycles. The summed E-state index contributed by atoms with van der Waals surface area (Å²) in [5.74, 6) is -0.598. The Labute approximate surface area is 102 Å². The van der Waals surface area contributed by atoms with Crippen molar-refractivity contribution in [3.63, 3.8) is 0 Å². The summed E-state index contributed by atoms with van der Waals surface area (Å²) in [6.45, 7) is 1.28. The van der Waals surface area contributed by atoms with Gasteiger partial charge >= 0.3 is 0 Å². The number of rotatable bonds is 5. The topological polar surface area (TPSA) is 92.5 Å². The van der Waals surface area contributed by atoms with E-state index in [1.807, 2.05) is 19.0 Å². The average molecular weight is 263 g/mol. The Balaban J connectivity index is 2.72. The number of sulfone groups is 1. The monoisotopic (exact) mass is 263 g/mol. The van der Waals surface area contributed by atoms with Gasteiger partial charge in [0.25, 0.3) is 0 Å². The van der Waals surface area contributed by atoms with Gasteiger partial charge < -0.3 is 16.0 Å². The number of hydrogen-bond acceptors (Lipinski definition) is 5. The molecule has 7 heteroatoms. The standard InChI is InChI=1S/C10H21N3O3S/c1-13(2)6-5-12-10(9(11)14)4-3-7-17(15,16)8-10/h12H,3-8H2,1-2H3,(H2,11,14). The molecule has 1 aliphatic rings. The van der Waals surface area contributed by atoms with Crippen LogP contribution in [0, 0.1) is 0 Å². The summed E-state index contributed by atoms with van der Waals surface area (Å²) in [6, 6.07) is 0. The Morgan fingerprint density at radius 3 is 2.59 bits per heavy atom. The lowest BCUT2D eigenvalue weighted by Crippen LogP contribution is -2.62. The van der Waals surface area contributed by atoms with Crippen LogP contribution in [0.4, 0.5) is 0 Å². The molecule has 1 amide bonds. The third-order valence-electron chi connectivity index (χ3n) is 3.02. The first-order valence-electron chi connectivity index (χ1n) is 5.67. The maximum absolute atomic E-state index is 11.6. The minimum atomic E-state index is -3.16. The number of carbonyl (C=O) groups is 1. The summed E-state index contributed by atoms with van der Waals surface area (Å²) >= 11 is 0. The average Bonchev–Trinajstić information content (AvgIpc) is 2.15. The normalized spacial score (nSPS) is 28.2. The molecule has 1 heterocycles. The van der Waals surface area contributed by atoms with Gasteiger partial charge in [-0.3, -0.25) is 4.79 Å². The quantitative estimate of drug-likeness (QED) is 0.634. The number of likely N-dealkylation sites (N-methyl/N-ethyl adjacent to an activating group) is 1. The predicted octanol–water partition coefficient (Wildman–Crippen LogP) is -1.43. The van der Waals surface area contributed by atoms with Crippen LogP contribution in [0.5, 0.6) is 0 Å². The second-order valence-corrected chi connectivity index (χ2v) is 7.06. The van der Waals surface area contributed by atoms with E-state index in [1.54, 1.807) is 0 Å². The fourth-order valence-corrected chi connectivity index (χ4v) is 3.92. The van der Waals surface area contributed by atoms with E-state index >= 15 is 0 Å². The molecule has 17 heavy (non-hydrogen) atoms. The van der Waals surface area contributed by atoms with Crippen LogP contribution in [-0.4, -0.2) is 63.5 Å². The highest BCUT2D eigenvalue weighted by Gasteiger charge is 2.43. The zero-order valence-corrected chi connectivity index (χ0v) is 11.2. The van der Waals surface area contributed by atoms with Crippen molar-refractivity contribution in [1.82, 2.24) is 10.2 Å². The predicted molar refractivity (Wildman–Crippen MR) is 66.4 cm³/mol. The van der Waals surface area contributed by atoms with Gasteiger partial charge in [0, 0.05) is 13.1 Å². The van der Waals surface area contributed by atoms with Crippen LogP contribution in [0.2, 0.25) is 0 Å². The van der Waals surface area contributed by atoms with Gasteiger partial charge in [0.15, 0.2) is 9.84 Å². The highest BCUT2D eigenvalue weighted by atomic mass is 32.2. The zero-order valence-electron chi connectivity index (χ0n) is 10.4. The molecule has 100 valence electrons. The molecule has 0 radical (unpaired) electrons.